The van der Waals surface area contributed by atoms with E-state index in [0.29, 0.717) is 11.1 Å². The number of benzene rings is 2. The van der Waals surface area contributed by atoms with Gasteiger partial charge in [-0.15, -0.1) is 0 Å². The van der Waals surface area contributed by atoms with Crippen LogP contribution in [0.2, 0.25) is 0 Å². The number of hydrogen-bond donors (Lipinski definition) is 2. The standard InChI is InChI=1S/C17H18F2N2O4S/c1-2-21-26(23,24)15-9-5-13(6-10-15)16(22)20-11-12-3-7-14(8-4-12)25-17(18)19/h3-10,17,21H,2,11H2,1H3,(H,20,22). The van der Waals surface area contributed by atoms with Crippen LogP contribution in [-0.4, -0.2) is 27.5 Å². The van der Waals surface area contributed by atoms with Crippen molar-refractivity contribution in [1.82, 2.24) is 10.0 Å². The Hall–Kier alpha value is -2.52. The molecule has 0 heterocycles. The Bertz CT molecular complexity index is 838. The van der Waals surface area contributed by atoms with Crippen molar-refractivity contribution in [3.8, 4) is 5.75 Å². The van der Waals surface area contributed by atoms with Gasteiger partial charge in [-0.1, -0.05) is 19.1 Å². The van der Waals surface area contributed by atoms with Gasteiger partial charge < -0.3 is 10.1 Å². The third kappa shape index (κ3) is 5.50. The number of nitrogens with one attached hydrogen (secondary N) is 2. The van der Waals surface area contributed by atoms with Crippen LogP contribution < -0.4 is 14.8 Å². The molecule has 0 spiro atoms. The zero-order valence-electron chi connectivity index (χ0n) is 13.9. The molecule has 2 N–H and O–H groups in total. The molecule has 0 saturated heterocycles. The molecule has 0 aliphatic rings. The van der Waals surface area contributed by atoms with Crippen LogP contribution in [0.4, 0.5) is 8.78 Å². The lowest BCUT2D eigenvalue weighted by molar-refractivity contribution is -0.0498. The maximum Gasteiger partial charge on any atom is 0.387 e. The number of halogens is 2. The Balaban J connectivity index is 1.95. The first-order chi connectivity index (χ1) is 12.3. The van der Waals surface area contributed by atoms with E-state index in [-0.39, 0.29) is 29.6 Å². The normalized spacial score (nSPS) is 11.4. The molecule has 0 saturated carbocycles. The number of rotatable bonds is 8. The molecule has 0 aromatic heterocycles. The van der Waals surface area contributed by atoms with Crippen LogP contribution in [0, 0.1) is 0 Å². The number of amides is 1. The highest BCUT2D eigenvalue weighted by atomic mass is 32.2. The zero-order valence-corrected chi connectivity index (χ0v) is 14.7. The van der Waals surface area contributed by atoms with Gasteiger partial charge in [0.05, 0.1) is 4.90 Å². The Morgan fingerprint density at radius 3 is 2.23 bits per heavy atom. The van der Waals surface area contributed by atoms with Gasteiger partial charge in [-0.3, -0.25) is 4.79 Å². The van der Waals surface area contributed by atoms with E-state index in [1.165, 1.54) is 36.4 Å². The maximum atomic E-state index is 12.1. The van der Waals surface area contributed by atoms with Crippen molar-refractivity contribution >= 4 is 15.9 Å². The van der Waals surface area contributed by atoms with Crippen LogP contribution >= 0.6 is 0 Å². The summed E-state index contributed by atoms with van der Waals surface area (Å²) in [4.78, 5) is 12.2. The Morgan fingerprint density at radius 1 is 1.08 bits per heavy atom. The van der Waals surface area contributed by atoms with Crippen LogP contribution in [0.25, 0.3) is 0 Å². The molecule has 0 aliphatic carbocycles. The minimum atomic E-state index is -3.57. The lowest BCUT2D eigenvalue weighted by Gasteiger charge is -2.08. The molecule has 0 aliphatic heterocycles. The van der Waals surface area contributed by atoms with Gasteiger partial charge in [-0.25, -0.2) is 13.1 Å². The first-order valence-corrected chi connectivity index (χ1v) is 9.22. The van der Waals surface area contributed by atoms with Gasteiger partial charge in [0.1, 0.15) is 5.75 Å². The second-order valence-electron chi connectivity index (χ2n) is 5.23. The van der Waals surface area contributed by atoms with Crippen molar-refractivity contribution in [3.05, 3.63) is 59.7 Å². The molecule has 0 atom stereocenters. The van der Waals surface area contributed by atoms with E-state index in [9.17, 15) is 22.0 Å². The van der Waals surface area contributed by atoms with Crippen molar-refractivity contribution in [1.29, 1.82) is 0 Å². The molecule has 0 bridgehead atoms. The average molecular weight is 384 g/mol. The molecule has 0 unspecified atom stereocenters. The van der Waals surface area contributed by atoms with Gasteiger partial charge in [0.15, 0.2) is 0 Å². The number of carbonyl (C=O) groups is 1. The zero-order chi connectivity index (χ0) is 19.2. The first kappa shape index (κ1) is 19.8. The second kappa shape index (κ2) is 8.72. The Labute approximate surface area is 150 Å². The quantitative estimate of drug-likeness (QED) is 0.733. The SMILES string of the molecule is CCNS(=O)(=O)c1ccc(C(=O)NCc2ccc(OC(F)F)cc2)cc1. The molecular formula is C17H18F2N2O4S. The molecule has 2 rings (SSSR count). The average Bonchev–Trinajstić information content (AvgIpc) is 2.60. The number of carbonyl (C=O) groups excluding carboxylic acids is 1. The predicted octanol–water partition coefficient (Wildman–Crippen LogP) is 2.52. The van der Waals surface area contributed by atoms with Crippen molar-refractivity contribution < 1.29 is 26.7 Å². The molecule has 0 fully saturated rings. The van der Waals surface area contributed by atoms with Crippen molar-refractivity contribution in [2.24, 2.45) is 0 Å². The molecule has 2 aromatic carbocycles. The number of sulfonamides is 1. The van der Waals surface area contributed by atoms with Gasteiger partial charge in [-0.05, 0) is 42.0 Å². The van der Waals surface area contributed by atoms with Crippen LogP contribution in [0.1, 0.15) is 22.8 Å². The fourth-order valence-corrected chi connectivity index (χ4v) is 3.17. The van der Waals surface area contributed by atoms with Crippen molar-refractivity contribution in [2.75, 3.05) is 6.54 Å². The summed E-state index contributed by atoms with van der Waals surface area (Å²) in [5.74, 6) is -0.349. The molecule has 1 amide bonds. The molecule has 0 radical (unpaired) electrons. The van der Waals surface area contributed by atoms with E-state index in [0.717, 1.165) is 0 Å². The molecule has 26 heavy (non-hydrogen) atoms. The summed E-state index contributed by atoms with van der Waals surface area (Å²) in [6, 6.07) is 11.4. The van der Waals surface area contributed by atoms with E-state index < -0.39 is 16.6 Å². The van der Waals surface area contributed by atoms with Crippen LogP contribution in [0.5, 0.6) is 5.75 Å². The van der Waals surface area contributed by atoms with Crippen molar-refractivity contribution in [3.63, 3.8) is 0 Å². The second-order valence-corrected chi connectivity index (χ2v) is 7.00. The molecule has 9 heteroatoms. The summed E-state index contributed by atoms with van der Waals surface area (Å²) >= 11 is 0. The van der Waals surface area contributed by atoms with Crippen LogP contribution in [0.15, 0.2) is 53.4 Å². The van der Waals surface area contributed by atoms with Gasteiger partial charge in [-0.2, -0.15) is 8.78 Å². The van der Waals surface area contributed by atoms with Gasteiger partial charge >= 0.3 is 6.61 Å². The fraction of sp³-hybridized carbons (Fsp3) is 0.235. The number of alkyl halides is 2. The fourth-order valence-electron chi connectivity index (χ4n) is 2.13. The number of hydrogen-bond acceptors (Lipinski definition) is 4. The van der Waals surface area contributed by atoms with Crippen LogP contribution in [0.3, 0.4) is 0 Å². The summed E-state index contributed by atoms with van der Waals surface area (Å²) in [6.45, 7) is -0.762. The van der Waals surface area contributed by atoms with E-state index in [1.807, 2.05) is 0 Å². The van der Waals surface area contributed by atoms with Gasteiger partial charge in [0.2, 0.25) is 10.0 Å². The van der Waals surface area contributed by atoms with E-state index in [4.69, 9.17) is 0 Å². The van der Waals surface area contributed by atoms with Crippen molar-refractivity contribution in [2.45, 2.75) is 25.0 Å². The Morgan fingerprint density at radius 2 is 1.69 bits per heavy atom. The minimum Gasteiger partial charge on any atom is -0.435 e. The lowest BCUT2D eigenvalue weighted by Crippen LogP contribution is -2.24. The minimum absolute atomic E-state index is 0.0348. The van der Waals surface area contributed by atoms with Gasteiger partial charge in [0, 0.05) is 18.7 Å². The van der Waals surface area contributed by atoms with Crippen LogP contribution in [-0.2, 0) is 16.6 Å². The monoisotopic (exact) mass is 384 g/mol. The summed E-state index contributed by atoms with van der Waals surface area (Å²) in [5.41, 5.74) is 1.00. The Kier molecular flexibility index (Phi) is 6.64. The molecule has 2 aromatic rings. The number of ether oxygens (including phenoxy) is 1. The third-order valence-corrected chi connectivity index (χ3v) is 4.92. The topological polar surface area (TPSA) is 84.5 Å². The molecule has 6 nitrogen and oxygen atoms in total. The molecular weight excluding hydrogens is 366 g/mol. The summed E-state index contributed by atoms with van der Waals surface area (Å²) in [5, 5.41) is 2.67. The van der Waals surface area contributed by atoms with E-state index in [2.05, 4.69) is 14.8 Å². The first-order valence-electron chi connectivity index (χ1n) is 7.73. The highest BCUT2D eigenvalue weighted by Crippen LogP contribution is 2.15. The summed E-state index contributed by atoms with van der Waals surface area (Å²) in [7, 11) is -3.57. The third-order valence-electron chi connectivity index (χ3n) is 3.36. The van der Waals surface area contributed by atoms with Gasteiger partial charge in [0.25, 0.3) is 5.91 Å². The molecule has 140 valence electrons. The highest BCUT2D eigenvalue weighted by Gasteiger charge is 2.13. The van der Waals surface area contributed by atoms with E-state index in [1.54, 1.807) is 19.1 Å². The van der Waals surface area contributed by atoms with E-state index >= 15 is 0 Å². The largest absolute Gasteiger partial charge is 0.435 e. The lowest BCUT2D eigenvalue weighted by atomic mass is 10.2. The summed E-state index contributed by atoms with van der Waals surface area (Å²) in [6.07, 6.45) is 0. The summed E-state index contributed by atoms with van der Waals surface area (Å²) < 4.78 is 54.5. The predicted molar refractivity (Wildman–Crippen MR) is 91.5 cm³/mol. The smallest absolute Gasteiger partial charge is 0.387 e. The maximum absolute atomic E-state index is 12.1. The highest BCUT2D eigenvalue weighted by molar-refractivity contribution is 7.89.